The number of likely N-dealkylation sites (tertiary alicyclic amines) is 1. The molecule has 2 aromatic carbocycles. The second-order valence-corrected chi connectivity index (χ2v) is 7.13. The third-order valence-electron chi connectivity index (χ3n) is 5.14. The lowest BCUT2D eigenvalue weighted by Gasteiger charge is -2.21. The van der Waals surface area contributed by atoms with Crippen molar-refractivity contribution in [2.75, 3.05) is 6.54 Å². The van der Waals surface area contributed by atoms with Crippen LogP contribution in [0, 0.1) is 30.1 Å². The summed E-state index contributed by atoms with van der Waals surface area (Å²) in [6.07, 6.45) is 1.80. The van der Waals surface area contributed by atoms with E-state index in [4.69, 9.17) is 4.42 Å². The zero-order chi connectivity index (χ0) is 21.1. The molecule has 2 heterocycles. The largest absolute Gasteiger partial charge is 0.421 e. The predicted molar refractivity (Wildman–Crippen MR) is 112 cm³/mol. The molecule has 1 aromatic heterocycles. The average Bonchev–Trinajstić information content (AvgIpc) is 3.42. The molecule has 30 heavy (non-hydrogen) atoms. The molecule has 6 nitrogen and oxygen atoms in total. The summed E-state index contributed by atoms with van der Waals surface area (Å²) in [6.45, 7) is 4.18. The second-order valence-electron chi connectivity index (χ2n) is 7.13. The van der Waals surface area contributed by atoms with Crippen molar-refractivity contribution in [2.45, 2.75) is 32.7 Å². The van der Waals surface area contributed by atoms with Crippen molar-refractivity contribution in [2.24, 2.45) is 0 Å². The van der Waals surface area contributed by atoms with Crippen molar-refractivity contribution in [1.29, 1.82) is 5.26 Å². The van der Waals surface area contributed by atoms with E-state index in [0.29, 0.717) is 35.0 Å². The van der Waals surface area contributed by atoms with Gasteiger partial charge in [-0.1, -0.05) is 24.1 Å². The molecule has 1 fully saturated rings. The maximum absolute atomic E-state index is 13.4. The van der Waals surface area contributed by atoms with Crippen LogP contribution >= 0.6 is 0 Å². The van der Waals surface area contributed by atoms with Gasteiger partial charge in [0.2, 0.25) is 11.8 Å². The van der Waals surface area contributed by atoms with E-state index in [1.54, 1.807) is 26.0 Å². The topological polar surface area (TPSA) is 83.0 Å². The van der Waals surface area contributed by atoms with Crippen molar-refractivity contribution in [3.8, 4) is 40.5 Å². The first kappa shape index (κ1) is 19.4. The summed E-state index contributed by atoms with van der Waals surface area (Å²) in [5, 5.41) is 17.5. The first-order valence-corrected chi connectivity index (χ1v) is 9.79. The quantitative estimate of drug-likeness (QED) is 0.619. The van der Waals surface area contributed by atoms with Gasteiger partial charge in [-0.3, -0.25) is 4.79 Å². The molecule has 4 rings (SSSR count). The smallest absolute Gasteiger partial charge is 0.254 e. The molecule has 1 amide bonds. The Balaban J connectivity index is 1.85. The fourth-order valence-electron chi connectivity index (χ4n) is 3.77. The molecule has 1 aliphatic rings. The molecule has 1 unspecified atom stereocenters. The first-order valence-electron chi connectivity index (χ1n) is 9.79. The summed E-state index contributed by atoms with van der Waals surface area (Å²) >= 11 is 0. The molecule has 0 aliphatic carbocycles. The van der Waals surface area contributed by atoms with Gasteiger partial charge in [-0.15, -0.1) is 16.1 Å². The predicted octanol–water partition coefficient (Wildman–Crippen LogP) is 4.21. The zero-order valence-electron chi connectivity index (χ0n) is 16.8. The minimum Gasteiger partial charge on any atom is -0.421 e. The molecule has 3 aromatic rings. The average molecular weight is 396 g/mol. The van der Waals surface area contributed by atoms with E-state index in [9.17, 15) is 10.1 Å². The molecule has 6 heteroatoms. The maximum Gasteiger partial charge on any atom is 0.254 e. The standard InChI is InChI=1S/C24H20N4O2/c1-3-7-21-9-6-11-28(21)24(29)20-13-18(22-10-5-4-8-17(22)15-25)12-19(14-20)23-27-26-16(2)30-23/h4-5,8,10,12-14,21H,6,9,11H2,1-2H3. The van der Waals surface area contributed by atoms with Crippen LogP contribution in [0.4, 0.5) is 0 Å². The van der Waals surface area contributed by atoms with Crippen LogP contribution in [0.1, 0.15) is 41.6 Å². The number of benzene rings is 2. The Morgan fingerprint density at radius 3 is 2.73 bits per heavy atom. The van der Waals surface area contributed by atoms with Crippen molar-refractivity contribution in [1.82, 2.24) is 15.1 Å². The maximum atomic E-state index is 13.4. The van der Waals surface area contributed by atoms with E-state index < -0.39 is 0 Å². The molecule has 1 aliphatic heterocycles. The van der Waals surface area contributed by atoms with Crippen LogP contribution in [0.2, 0.25) is 0 Å². The van der Waals surface area contributed by atoms with Gasteiger partial charge in [0.15, 0.2) is 0 Å². The number of amides is 1. The van der Waals surface area contributed by atoms with Gasteiger partial charge < -0.3 is 9.32 Å². The Labute approximate surface area is 175 Å². The van der Waals surface area contributed by atoms with E-state index in [0.717, 1.165) is 24.0 Å². The summed E-state index contributed by atoms with van der Waals surface area (Å²) in [5.41, 5.74) is 3.18. The van der Waals surface area contributed by atoms with E-state index >= 15 is 0 Å². The number of hydrogen-bond acceptors (Lipinski definition) is 5. The Morgan fingerprint density at radius 1 is 1.20 bits per heavy atom. The summed E-state index contributed by atoms with van der Waals surface area (Å²) in [4.78, 5) is 15.2. The third kappa shape index (κ3) is 3.68. The number of carbonyl (C=O) groups is 1. The number of aryl methyl sites for hydroxylation is 1. The molecule has 1 atom stereocenters. The van der Waals surface area contributed by atoms with Crippen molar-refractivity contribution in [3.63, 3.8) is 0 Å². The number of carbonyl (C=O) groups excluding carboxylic acids is 1. The van der Waals surface area contributed by atoms with Crippen LogP contribution < -0.4 is 0 Å². The lowest BCUT2D eigenvalue weighted by atomic mass is 9.96. The SMILES string of the molecule is CC#CC1CCCN1C(=O)c1cc(-c2nnc(C)o2)cc(-c2ccccc2C#N)c1. The van der Waals surface area contributed by atoms with Crippen LogP contribution in [0.25, 0.3) is 22.6 Å². The Morgan fingerprint density at radius 2 is 2.00 bits per heavy atom. The highest BCUT2D eigenvalue weighted by Gasteiger charge is 2.29. The monoisotopic (exact) mass is 396 g/mol. The van der Waals surface area contributed by atoms with Crippen molar-refractivity contribution < 1.29 is 9.21 Å². The van der Waals surface area contributed by atoms with Gasteiger partial charge in [-0.25, -0.2) is 0 Å². The molecule has 0 N–H and O–H groups in total. The van der Waals surface area contributed by atoms with Crippen LogP contribution in [-0.2, 0) is 0 Å². The van der Waals surface area contributed by atoms with Crippen LogP contribution in [0.3, 0.4) is 0 Å². The van der Waals surface area contributed by atoms with Crippen molar-refractivity contribution >= 4 is 5.91 Å². The normalized spacial score (nSPS) is 15.4. The van der Waals surface area contributed by atoms with Crippen molar-refractivity contribution in [3.05, 3.63) is 59.5 Å². The highest BCUT2D eigenvalue weighted by atomic mass is 16.4. The Hall–Kier alpha value is -3.90. The van der Waals surface area contributed by atoms with Gasteiger partial charge >= 0.3 is 0 Å². The summed E-state index contributed by atoms with van der Waals surface area (Å²) < 4.78 is 5.60. The molecular formula is C24H20N4O2. The van der Waals surface area contributed by atoms with Gasteiger partial charge in [0.25, 0.3) is 5.91 Å². The van der Waals surface area contributed by atoms with Gasteiger partial charge in [-0.2, -0.15) is 5.26 Å². The van der Waals surface area contributed by atoms with Gasteiger partial charge in [0, 0.05) is 24.6 Å². The van der Waals surface area contributed by atoms with E-state index in [1.807, 2.05) is 35.2 Å². The highest BCUT2D eigenvalue weighted by Crippen LogP contribution is 2.31. The van der Waals surface area contributed by atoms with E-state index in [1.165, 1.54) is 0 Å². The second kappa shape index (κ2) is 8.23. The minimum atomic E-state index is -0.0889. The molecule has 0 spiro atoms. The van der Waals surface area contributed by atoms with E-state index in [-0.39, 0.29) is 11.9 Å². The van der Waals surface area contributed by atoms with Gasteiger partial charge in [0.05, 0.1) is 17.7 Å². The molecular weight excluding hydrogens is 376 g/mol. The zero-order valence-corrected chi connectivity index (χ0v) is 16.8. The molecule has 0 bridgehead atoms. The molecule has 148 valence electrons. The fraction of sp³-hybridized carbons (Fsp3) is 0.250. The Bertz CT molecular complexity index is 1210. The fourth-order valence-corrected chi connectivity index (χ4v) is 3.77. The van der Waals surface area contributed by atoms with Gasteiger partial charge in [-0.05, 0) is 55.2 Å². The van der Waals surface area contributed by atoms with Crippen LogP contribution in [0.15, 0.2) is 46.9 Å². The summed E-state index contributed by atoms with van der Waals surface area (Å²) in [7, 11) is 0. The van der Waals surface area contributed by atoms with E-state index in [2.05, 4.69) is 28.1 Å². The van der Waals surface area contributed by atoms with Gasteiger partial charge in [0.1, 0.15) is 0 Å². The molecule has 0 saturated carbocycles. The van der Waals surface area contributed by atoms with Crippen LogP contribution in [0.5, 0.6) is 0 Å². The summed E-state index contributed by atoms with van der Waals surface area (Å²) in [5.74, 6) is 6.75. The lowest BCUT2D eigenvalue weighted by Crippen LogP contribution is -2.34. The number of rotatable bonds is 3. The number of nitrogens with zero attached hydrogens (tertiary/aromatic N) is 4. The molecule has 0 radical (unpaired) electrons. The highest BCUT2D eigenvalue weighted by molar-refractivity contribution is 5.97. The summed E-state index contributed by atoms with van der Waals surface area (Å²) in [6, 6.07) is 14.9. The number of nitriles is 1. The third-order valence-corrected chi connectivity index (χ3v) is 5.14. The Kier molecular flexibility index (Phi) is 5.32. The minimum absolute atomic E-state index is 0.0772. The number of aromatic nitrogens is 2. The molecule has 1 saturated heterocycles. The first-order chi connectivity index (χ1) is 14.6. The lowest BCUT2D eigenvalue weighted by molar-refractivity contribution is 0.0766. The number of hydrogen-bond donors (Lipinski definition) is 0. The van der Waals surface area contributed by atoms with Crippen LogP contribution in [-0.4, -0.2) is 33.6 Å².